The van der Waals surface area contributed by atoms with Gasteiger partial charge in [0.2, 0.25) is 0 Å². The molecule has 292 valence electrons. The van der Waals surface area contributed by atoms with Crippen LogP contribution in [0.15, 0.2) is 72.8 Å². The summed E-state index contributed by atoms with van der Waals surface area (Å²) in [4.78, 5) is 0. The van der Waals surface area contributed by atoms with E-state index in [9.17, 15) is 5.11 Å². The number of aliphatic hydroxyl groups is 1. The van der Waals surface area contributed by atoms with Crippen LogP contribution in [-0.2, 0) is 25.6 Å². The summed E-state index contributed by atoms with van der Waals surface area (Å²) in [6.07, 6.45) is 15.5. The van der Waals surface area contributed by atoms with E-state index in [1.54, 1.807) is 0 Å². The number of hydrogen-bond donors (Lipinski definition) is 1. The highest BCUT2D eigenvalue weighted by Gasteiger charge is 2.53. The van der Waals surface area contributed by atoms with Gasteiger partial charge in [-0.15, -0.1) is 0 Å². The van der Waals surface area contributed by atoms with Crippen LogP contribution in [0.1, 0.15) is 164 Å². The lowest BCUT2D eigenvalue weighted by Gasteiger charge is -2.39. The molecule has 1 saturated heterocycles. The van der Waals surface area contributed by atoms with Gasteiger partial charge in [-0.05, 0) is 117 Å². The molecule has 4 unspecified atom stereocenters. The number of fused-ring (bicyclic) bond motifs is 10. The third kappa shape index (κ3) is 7.08. The van der Waals surface area contributed by atoms with E-state index in [2.05, 4.69) is 121 Å². The Morgan fingerprint density at radius 3 is 1.82 bits per heavy atom. The molecule has 7 rings (SSSR count). The van der Waals surface area contributed by atoms with Crippen molar-refractivity contribution >= 4 is 12.6 Å². The first-order valence-corrected chi connectivity index (χ1v) is 22.1. The molecule has 4 heteroatoms. The van der Waals surface area contributed by atoms with E-state index in [1.165, 1.54) is 119 Å². The van der Waals surface area contributed by atoms with E-state index >= 15 is 0 Å². The molecule has 1 fully saturated rings. The summed E-state index contributed by atoms with van der Waals surface area (Å²) in [5.74, 6) is 0.442. The molecule has 55 heavy (non-hydrogen) atoms. The Bertz CT molecular complexity index is 1960. The van der Waals surface area contributed by atoms with E-state index in [4.69, 9.17) is 9.31 Å². The first-order chi connectivity index (χ1) is 26.7. The van der Waals surface area contributed by atoms with Gasteiger partial charge in [0, 0.05) is 6.61 Å². The van der Waals surface area contributed by atoms with Gasteiger partial charge in [0.15, 0.2) is 0 Å². The fourth-order valence-corrected chi connectivity index (χ4v) is 10.6. The average Bonchev–Trinajstić information content (AvgIpc) is 3.92. The normalized spacial score (nSPS) is 19.5. The molecular formula is C51H67BO3. The van der Waals surface area contributed by atoms with Gasteiger partial charge in [0.05, 0.1) is 18.6 Å². The number of aliphatic hydroxyl groups excluding tert-OH is 1. The van der Waals surface area contributed by atoms with Crippen molar-refractivity contribution in [2.75, 3.05) is 19.8 Å². The van der Waals surface area contributed by atoms with Crippen LogP contribution in [0.25, 0.3) is 22.3 Å². The van der Waals surface area contributed by atoms with E-state index in [0.29, 0.717) is 19.1 Å². The molecule has 0 saturated carbocycles. The predicted molar refractivity (Wildman–Crippen MR) is 233 cm³/mol. The average molecular weight is 739 g/mol. The molecule has 4 aromatic carbocycles. The highest BCUT2D eigenvalue weighted by atomic mass is 16.6. The van der Waals surface area contributed by atoms with E-state index in [1.807, 2.05) is 0 Å². The van der Waals surface area contributed by atoms with Gasteiger partial charge in [-0.3, -0.25) is 0 Å². The van der Waals surface area contributed by atoms with Gasteiger partial charge in [-0.1, -0.05) is 171 Å². The summed E-state index contributed by atoms with van der Waals surface area (Å²) in [6.45, 7) is 18.2. The Morgan fingerprint density at radius 1 is 0.655 bits per heavy atom. The maximum absolute atomic E-state index is 9.92. The Labute approximate surface area is 333 Å². The first-order valence-electron chi connectivity index (χ1n) is 22.1. The van der Waals surface area contributed by atoms with Gasteiger partial charge in [-0.2, -0.15) is 0 Å². The highest BCUT2D eigenvalue weighted by molar-refractivity contribution is 6.61. The third-order valence-corrected chi connectivity index (χ3v) is 14.5. The topological polar surface area (TPSA) is 38.7 Å². The Morgan fingerprint density at radius 2 is 1.20 bits per heavy atom. The lowest BCUT2D eigenvalue weighted by molar-refractivity contribution is 0.227. The van der Waals surface area contributed by atoms with Crippen molar-refractivity contribution in [3.8, 4) is 22.3 Å². The number of hydrogen-bond acceptors (Lipinski definition) is 3. The van der Waals surface area contributed by atoms with Crippen molar-refractivity contribution in [1.29, 1.82) is 0 Å². The van der Waals surface area contributed by atoms with Crippen LogP contribution in [0.3, 0.4) is 0 Å². The van der Waals surface area contributed by atoms with E-state index in [-0.39, 0.29) is 24.6 Å². The molecule has 0 aromatic heterocycles. The van der Waals surface area contributed by atoms with Gasteiger partial charge < -0.3 is 14.4 Å². The zero-order valence-electron chi connectivity index (χ0n) is 35.2. The summed E-state index contributed by atoms with van der Waals surface area (Å²) in [5.41, 5.74) is 15.9. The molecule has 0 amide bonds. The van der Waals surface area contributed by atoms with Gasteiger partial charge >= 0.3 is 7.12 Å². The van der Waals surface area contributed by atoms with Crippen LogP contribution >= 0.6 is 0 Å². The van der Waals surface area contributed by atoms with Crippen molar-refractivity contribution < 1.29 is 14.4 Å². The SMILES string of the molecule is CCCCCCC(C)(CC)c1ccc2c(c1)C1(c3cc(C)ccc3-c3ccc(B4OCCO4)cc31)c1cc(C(C)(CCCCCC)C(C)CCCO)ccc1-2. The van der Waals surface area contributed by atoms with Crippen molar-refractivity contribution in [1.82, 2.24) is 0 Å². The van der Waals surface area contributed by atoms with Crippen LogP contribution in [0.5, 0.6) is 0 Å². The lowest BCUT2D eigenvalue weighted by atomic mass is 9.64. The second-order valence-corrected chi connectivity index (χ2v) is 17.9. The second-order valence-electron chi connectivity index (χ2n) is 17.9. The van der Waals surface area contributed by atoms with E-state index < -0.39 is 5.41 Å². The van der Waals surface area contributed by atoms with Crippen LogP contribution < -0.4 is 5.46 Å². The molecule has 1 N–H and O–H groups in total. The molecule has 1 heterocycles. The van der Waals surface area contributed by atoms with Crippen molar-refractivity contribution in [3.05, 3.63) is 112 Å². The molecule has 4 atom stereocenters. The summed E-state index contributed by atoms with van der Waals surface area (Å²) in [6, 6.07) is 29.4. The second kappa shape index (κ2) is 16.7. The number of benzene rings is 4. The fraction of sp³-hybridized carbons (Fsp3) is 0.529. The van der Waals surface area contributed by atoms with Crippen LogP contribution in [-0.4, -0.2) is 32.0 Å². The minimum absolute atomic E-state index is 0.0113. The molecule has 1 aliphatic heterocycles. The summed E-state index contributed by atoms with van der Waals surface area (Å²) in [5, 5.41) is 9.92. The number of unbranched alkanes of at least 4 members (excludes halogenated alkanes) is 6. The third-order valence-electron chi connectivity index (χ3n) is 14.5. The van der Waals surface area contributed by atoms with Crippen LogP contribution in [0.4, 0.5) is 0 Å². The fourth-order valence-electron chi connectivity index (χ4n) is 10.6. The zero-order valence-corrected chi connectivity index (χ0v) is 35.2. The molecule has 3 aliphatic rings. The Balaban J connectivity index is 1.49. The summed E-state index contributed by atoms with van der Waals surface area (Å²) < 4.78 is 12.3. The van der Waals surface area contributed by atoms with Crippen molar-refractivity contribution in [2.45, 2.75) is 148 Å². The minimum Gasteiger partial charge on any atom is -0.405 e. The highest BCUT2D eigenvalue weighted by Crippen LogP contribution is 2.64. The lowest BCUT2D eigenvalue weighted by Crippen LogP contribution is -2.35. The largest absolute Gasteiger partial charge is 0.494 e. The summed E-state index contributed by atoms with van der Waals surface area (Å²) in [7, 11) is -0.337. The van der Waals surface area contributed by atoms with Crippen molar-refractivity contribution in [2.24, 2.45) is 5.92 Å². The predicted octanol–water partition coefficient (Wildman–Crippen LogP) is 12.4. The number of rotatable bonds is 18. The monoisotopic (exact) mass is 739 g/mol. The molecule has 0 bridgehead atoms. The molecule has 0 radical (unpaired) electrons. The van der Waals surface area contributed by atoms with E-state index in [0.717, 1.165) is 31.1 Å². The zero-order chi connectivity index (χ0) is 38.8. The Kier molecular flexibility index (Phi) is 12.2. The van der Waals surface area contributed by atoms with Crippen molar-refractivity contribution in [3.63, 3.8) is 0 Å². The molecule has 3 nitrogen and oxygen atoms in total. The smallest absolute Gasteiger partial charge is 0.405 e. The van der Waals surface area contributed by atoms with Crippen LogP contribution in [0, 0.1) is 12.8 Å². The van der Waals surface area contributed by atoms with Gasteiger partial charge in [0.25, 0.3) is 0 Å². The molecular weight excluding hydrogens is 671 g/mol. The van der Waals surface area contributed by atoms with Crippen LogP contribution in [0.2, 0.25) is 0 Å². The maximum atomic E-state index is 9.92. The molecule has 2 aliphatic carbocycles. The summed E-state index contributed by atoms with van der Waals surface area (Å²) >= 11 is 0. The van der Waals surface area contributed by atoms with Gasteiger partial charge in [0.1, 0.15) is 0 Å². The standard InChI is InChI=1S/C51H67BO3/c1-8-11-13-15-27-49(6,10-3)38-20-24-42-43-25-21-39(50(7,28-16-14-12-9-2)37(5)18-17-29-53)34-47(43)51(46(42)33-38)45-32-36(4)19-23-41(45)44-26-22-40(35-48(44)51)52-54-30-31-55-52/h19-26,32-35,37,53H,8-18,27-31H2,1-7H3. The molecule has 4 aromatic rings. The quantitative estimate of drug-likeness (QED) is 0.0705. The maximum Gasteiger partial charge on any atom is 0.494 e. The number of aryl methyl sites for hydroxylation is 1. The minimum atomic E-state index is -0.462. The Hall–Kier alpha value is -3.18. The first kappa shape index (κ1) is 40.0. The van der Waals surface area contributed by atoms with Gasteiger partial charge in [-0.25, -0.2) is 0 Å². The molecule has 1 spiro atoms.